The molecule has 0 aliphatic heterocycles. The number of hydrogen-bond acceptors (Lipinski definition) is 3. The summed E-state index contributed by atoms with van der Waals surface area (Å²) in [6, 6.07) is 13.4. The van der Waals surface area contributed by atoms with Crippen LogP contribution in [0.5, 0.6) is 0 Å². The molecule has 1 heterocycles. The van der Waals surface area contributed by atoms with Crippen LogP contribution < -0.4 is 5.43 Å². The number of rotatable bonds is 6. The predicted octanol–water partition coefficient (Wildman–Crippen LogP) is 4.90. The molecule has 2 aromatic carbocycles. The Morgan fingerprint density at radius 1 is 1.04 bits per heavy atom. The quantitative estimate of drug-likeness (QED) is 0.461. The Bertz CT molecular complexity index is 1030. The van der Waals surface area contributed by atoms with Gasteiger partial charge in [-0.3, -0.25) is 9.59 Å². The van der Waals surface area contributed by atoms with Gasteiger partial charge in [-0.2, -0.15) is 0 Å². The minimum Gasteiger partial charge on any atom is -0.444 e. The molecule has 4 heteroatoms. The molecule has 142 valence electrons. The van der Waals surface area contributed by atoms with Crippen molar-refractivity contribution >= 4 is 27.8 Å². The number of aryl methyl sites for hydroxylation is 1. The Morgan fingerprint density at radius 3 is 2.41 bits per heavy atom. The molecule has 0 saturated heterocycles. The van der Waals surface area contributed by atoms with E-state index in [1.165, 1.54) is 0 Å². The largest absolute Gasteiger partial charge is 0.444 e. The van der Waals surface area contributed by atoms with Gasteiger partial charge in [-0.05, 0) is 48.6 Å². The van der Waals surface area contributed by atoms with Crippen LogP contribution in [0, 0.1) is 11.8 Å². The van der Waals surface area contributed by atoms with Gasteiger partial charge in [0.25, 0.3) is 0 Å². The summed E-state index contributed by atoms with van der Waals surface area (Å²) in [5.74, 6) is -0.0701. The number of carbonyl (C=O) groups is 1. The summed E-state index contributed by atoms with van der Waals surface area (Å²) < 4.78 is 7.60. The second-order valence-corrected chi connectivity index (χ2v) is 7.33. The van der Waals surface area contributed by atoms with E-state index >= 15 is 0 Å². The Labute approximate surface area is 159 Å². The smallest absolute Gasteiger partial charge is 0.310 e. The lowest BCUT2D eigenvalue weighted by Gasteiger charge is -2.20. The predicted molar refractivity (Wildman–Crippen MR) is 110 cm³/mol. The third kappa shape index (κ3) is 3.61. The van der Waals surface area contributed by atoms with E-state index in [0.717, 1.165) is 29.4 Å². The molecular weight excluding hydrogens is 338 g/mol. The SMILES string of the molecule is CCc1ccc2c(c1)c(=O)c1ccccc1n2COC(=O)C(CC)C(C)C. The van der Waals surface area contributed by atoms with E-state index in [9.17, 15) is 9.59 Å². The first kappa shape index (κ1) is 19.2. The zero-order valence-electron chi connectivity index (χ0n) is 16.5. The van der Waals surface area contributed by atoms with Crippen molar-refractivity contribution in [2.24, 2.45) is 11.8 Å². The molecule has 0 radical (unpaired) electrons. The summed E-state index contributed by atoms with van der Waals surface area (Å²) in [6.45, 7) is 8.24. The first-order valence-corrected chi connectivity index (χ1v) is 9.68. The van der Waals surface area contributed by atoms with Gasteiger partial charge in [-0.15, -0.1) is 0 Å². The highest BCUT2D eigenvalue weighted by atomic mass is 16.5. The zero-order chi connectivity index (χ0) is 19.6. The molecule has 27 heavy (non-hydrogen) atoms. The minimum absolute atomic E-state index is 0.0205. The molecule has 0 aliphatic rings. The summed E-state index contributed by atoms with van der Waals surface area (Å²) in [6.07, 6.45) is 1.62. The standard InChI is InChI=1S/C23H27NO3/c1-5-16-11-12-21-19(13-16)22(25)18-9-7-8-10-20(18)24(21)14-27-23(26)17(6-2)15(3)4/h7-13,15,17H,5-6,14H2,1-4H3. The van der Waals surface area contributed by atoms with Crippen LogP contribution in [0.15, 0.2) is 47.3 Å². The van der Waals surface area contributed by atoms with Gasteiger partial charge in [0.1, 0.15) is 0 Å². The molecule has 4 nitrogen and oxygen atoms in total. The molecule has 1 aromatic heterocycles. The number of hydrogen-bond donors (Lipinski definition) is 0. The molecule has 0 fully saturated rings. The minimum atomic E-state index is -0.186. The van der Waals surface area contributed by atoms with Crippen LogP contribution in [0.25, 0.3) is 21.8 Å². The lowest BCUT2D eigenvalue weighted by Crippen LogP contribution is -2.24. The fraction of sp³-hybridized carbons (Fsp3) is 0.391. The van der Waals surface area contributed by atoms with Gasteiger partial charge >= 0.3 is 5.97 Å². The molecule has 0 saturated carbocycles. The van der Waals surface area contributed by atoms with Gasteiger partial charge in [0, 0.05) is 10.8 Å². The zero-order valence-corrected chi connectivity index (χ0v) is 16.5. The van der Waals surface area contributed by atoms with Crippen LogP contribution in [-0.4, -0.2) is 10.5 Å². The lowest BCUT2D eigenvalue weighted by atomic mass is 9.94. The highest BCUT2D eigenvalue weighted by Gasteiger charge is 2.22. The van der Waals surface area contributed by atoms with E-state index in [-0.39, 0.29) is 30.0 Å². The molecular formula is C23H27NO3. The van der Waals surface area contributed by atoms with Gasteiger partial charge < -0.3 is 9.30 Å². The van der Waals surface area contributed by atoms with E-state index in [1.807, 2.05) is 67.8 Å². The highest BCUT2D eigenvalue weighted by molar-refractivity contribution is 5.93. The third-order valence-corrected chi connectivity index (χ3v) is 5.33. The Morgan fingerprint density at radius 2 is 1.74 bits per heavy atom. The highest BCUT2D eigenvalue weighted by Crippen LogP contribution is 2.22. The molecule has 3 aromatic rings. The van der Waals surface area contributed by atoms with Crippen LogP contribution in [0.3, 0.4) is 0 Å². The first-order chi connectivity index (χ1) is 13.0. The number of benzene rings is 2. The maximum atomic E-state index is 13.0. The van der Waals surface area contributed by atoms with Gasteiger partial charge in [0.05, 0.1) is 17.0 Å². The van der Waals surface area contributed by atoms with Crippen molar-refractivity contribution in [1.29, 1.82) is 0 Å². The summed E-state index contributed by atoms with van der Waals surface area (Å²) >= 11 is 0. The monoisotopic (exact) mass is 365 g/mol. The fourth-order valence-electron chi connectivity index (χ4n) is 3.68. The van der Waals surface area contributed by atoms with Gasteiger partial charge in [-0.25, -0.2) is 0 Å². The number of nitrogens with zero attached hydrogens (tertiary/aromatic N) is 1. The molecule has 0 bridgehead atoms. The van der Waals surface area contributed by atoms with Crippen molar-refractivity contribution < 1.29 is 9.53 Å². The van der Waals surface area contributed by atoms with Crippen molar-refractivity contribution in [1.82, 2.24) is 4.57 Å². The van der Waals surface area contributed by atoms with Crippen LogP contribution >= 0.6 is 0 Å². The number of aromatic nitrogens is 1. The van der Waals surface area contributed by atoms with Crippen LogP contribution in [0.4, 0.5) is 0 Å². The topological polar surface area (TPSA) is 48.3 Å². The Hall–Kier alpha value is -2.62. The van der Waals surface area contributed by atoms with Crippen LogP contribution in [0.1, 0.15) is 39.7 Å². The Balaban J connectivity index is 2.11. The van der Waals surface area contributed by atoms with E-state index in [4.69, 9.17) is 4.74 Å². The van der Waals surface area contributed by atoms with E-state index in [1.54, 1.807) is 0 Å². The number of carbonyl (C=O) groups excluding carboxylic acids is 1. The molecule has 0 spiro atoms. The fourth-order valence-corrected chi connectivity index (χ4v) is 3.68. The maximum Gasteiger partial charge on any atom is 0.310 e. The number of pyridine rings is 1. The molecule has 0 amide bonds. The van der Waals surface area contributed by atoms with E-state index in [0.29, 0.717) is 10.8 Å². The summed E-state index contributed by atoms with van der Waals surface area (Å²) in [5, 5.41) is 1.31. The van der Waals surface area contributed by atoms with E-state index in [2.05, 4.69) is 6.92 Å². The molecule has 3 rings (SSSR count). The maximum absolute atomic E-state index is 13.0. The molecule has 1 unspecified atom stereocenters. The summed E-state index contributed by atoms with van der Waals surface area (Å²) in [7, 11) is 0. The van der Waals surface area contributed by atoms with Crippen LogP contribution in [0.2, 0.25) is 0 Å². The van der Waals surface area contributed by atoms with Gasteiger partial charge in [0.15, 0.2) is 12.2 Å². The lowest BCUT2D eigenvalue weighted by molar-refractivity contribution is -0.153. The van der Waals surface area contributed by atoms with Crippen molar-refractivity contribution in [3.8, 4) is 0 Å². The van der Waals surface area contributed by atoms with Crippen LogP contribution in [-0.2, 0) is 22.7 Å². The number of para-hydroxylation sites is 1. The van der Waals surface area contributed by atoms with Gasteiger partial charge in [-0.1, -0.05) is 45.9 Å². The second-order valence-electron chi connectivity index (χ2n) is 7.33. The summed E-state index contributed by atoms with van der Waals surface area (Å²) in [4.78, 5) is 25.5. The normalized spacial score (nSPS) is 12.6. The molecule has 1 atom stereocenters. The average Bonchev–Trinajstić information content (AvgIpc) is 2.68. The Kier molecular flexibility index (Phi) is 5.64. The van der Waals surface area contributed by atoms with Crippen molar-refractivity contribution in [2.45, 2.75) is 47.3 Å². The van der Waals surface area contributed by atoms with E-state index < -0.39 is 0 Å². The molecule has 0 aliphatic carbocycles. The van der Waals surface area contributed by atoms with Crippen molar-refractivity contribution in [3.63, 3.8) is 0 Å². The third-order valence-electron chi connectivity index (χ3n) is 5.33. The number of fused-ring (bicyclic) bond motifs is 2. The first-order valence-electron chi connectivity index (χ1n) is 9.68. The van der Waals surface area contributed by atoms with Crippen molar-refractivity contribution in [3.05, 3.63) is 58.3 Å². The number of esters is 1. The number of ether oxygens (including phenoxy) is 1. The average molecular weight is 365 g/mol. The second kappa shape index (κ2) is 7.95. The summed E-state index contributed by atoms with van der Waals surface area (Å²) in [5.41, 5.74) is 2.71. The van der Waals surface area contributed by atoms with Crippen molar-refractivity contribution in [2.75, 3.05) is 0 Å². The van der Waals surface area contributed by atoms with Gasteiger partial charge in [0.2, 0.25) is 0 Å². The molecule has 0 N–H and O–H groups in total.